The lowest BCUT2D eigenvalue weighted by molar-refractivity contribution is -0.118. The van der Waals surface area contributed by atoms with Crippen LogP contribution in [0, 0.1) is 5.82 Å². The number of amides is 3. The normalized spacial score (nSPS) is 11.5. The monoisotopic (exact) mass is 389 g/mol. The molecule has 0 aliphatic carbocycles. The van der Waals surface area contributed by atoms with Crippen LogP contribution < -0.4 is 16.0 Å². The minimum Gasteiger partial charge on any atom is -0.334 e. The molecule has 0 spiro atoms. The Bertz CT molecular complexity index is 751. The topological polar surface area (TPSA) is 70.2 Å². The molecule has 0 aromatic heterocycles. The molecule has 0 saturated heterocycles. The highest BCUT2D eigenvalue weighted by Gasteiger charge is 2.20. The number of anilines is 1. The number of carbonyl (C=O) groups is 2. The van der Waals surface area contributed by atoms with Gasteiger partial charge in [-0.25, -0.2) is 9.18 Å². The summed E-state index contributed by atoms with van der Waals surface area (Å²) in [5.74, 6) is -0.584. The standard InChI is InChI=1S/C20H24FN3O2S/c1-3-4-18(19(25)23-16-9-11-17(27-2)12-10-16)24-20(26)22-13-14-5-7-15(21)8-6-14/h5-12,18H,3-4,13H2,1-2H3,(H,23,25)(H2,22,24,26)/t18-/m1/s1. The first-order valence-corrected chi connectivity index (χ1v) is 9.98. The highest BCUT2D eigenvalue weighted by atomic mass is 32.2. The SMILES string of the molecule is CCC[C@@H](NC(=O)NCc1ccc(F)cc1)C(=O)Nc1ccc(SC)cc1. The summed E-state index contributed by atoms with van der Waals surface area (Å²) in [6, 6.07) is 12.3. The van der Waals surface area contributed by atoms with Crippen molar-refractivity contribution >= 4 is 29.4 Å². The van der Waals surface area contributed by atoms with Crippen molar-refractivity contribution in [2.24, 2.45) is 0 Å². The molecule has 0 heterocycles. The quantitative estimate of drug-likeness (QED) is 0.594. The van der Waals surface area contributed by atoms with Crippen molar-refractivity contribution in [3.05, 3.63) is 59.9 Å². The number of rotatable bonds is 8. The summed E-state index contributed by atoms with van der Waals surface area (Å²) in [6.07, 6.45) is 3.26. The maximum absolute atomic E-state index is 12.9. The number of halogens is 1. The Labute approximate surface area is 163 Å². The van der Waals surface area contributed by atoms with Gasteiger partial charge in [-0.1, -0.05) is 25.5 Å². The molecule has 0 saturated carbocycles. The first-order chi connectivity index (χ1) is 13.0. The molecule has 0 aliphatic heterocycles. The fourth-order valence-electron chi connectivity index (χ4n) is 2.46. The van der Waals surface area contributed by atoms with E-state index in [1.54, 1.807) is 23.9 Å². The van der Waals surface area contributed by atoms with Crippen molar-refractivity contribution in [1.29, 1.82) is 0 Å². The van der Waals surface area contributed by atoms with Crippen LogP contribution in [0.4, 0.5) is 14.9 Å². The molecule has 7 heteroatoms. The Morgan fingerprint density at radius 2 is 1.74 bits per heavy atom. The van der Waals surface area contributed by atoms with Crippen molar-refractivity contribution in [2.75, 3.05) is 11.6 Å². The molecule has 2 aromatic rings. The van der Waals surface area contributed by atoms with E-state index in [1.165, 1.54) is 12.1 Å². The van der Waals surface area contributed by atoms with Gasteiger partial charge in [-0.3, -0.25) is 4.79 Å². The van der Waals surface area contributed by atoms with Crippen LogP contribution in [0.15, 0.2) is 53.4 Å². The third-order valence-electron chi connectivity index (χ3n) is 3.92. The number of benzene rings is 2. The van der Waals surface area contributed by atoms with Crippen LogP contribution in [0.25, 0.3) is 0 Å². The minimum atomic E-state index is -0.636. The molecule has 3 amide bonds. The molecule has 2 rings (SSSR count). The minimum absolute atomic E-state index is 0.253. The Kier molecular flexibility index (Phi) is 8.13. The van der Waals surface area contributed by atoms with Crippen LogP contribution in [0.2, 0.25) is 0 Å². The molecule has 0 unspecified atom stereocenters. The van der Waals surface area contributed by atoms with Gasteiger partial charge in [0.25, 0.3) is 0 Å². The van der Waals surface area contributed by atoms with E-state index in [0.717, 1.165) is 16.9 Å². The molecular weight excluding hydrogens is 365 g/mol. The summed E-state index contributed by atoms with van der Waals surface area (Å²) in [6.45, 7) is 2.20. The Morgan fingerprint density at radius 3 is 2.33 bits per heavy atom. The average Bonchev–Trinajstić information content (AvgIpc) is 2.68. The molecule has 3 N–H and O–H groups in total. The second-order valence-electron chi connectivity index (χ2n) is 6.01. The number of hydrogen-bond donors (Lipinski definition) is 3. The van der Waals surface area contributed by atoms with Gasteiger partial charge in [0, 0.05) is 17.1 Å². The second-order valence-corrected chi connectivity index (χ2v) is 6.89. The lowest BCUT2D eigenvalue weighted by Gasteiger charge is -2.18. The first-order valence-electron chi connectivity index (χ1n) is 8.75. The van der Waals surface area contributed by atoms with Gasteiger partial charge in [-0.2, -0.15) is 0 Å². The van der Waals surface area contributed by atoms with Crippen LogP contribution in [0.1, 0.15) is 25.3 Å². The van der Waals surface area contributed by atoms with E-state index in [4.69, 9.17) is 0 Å². The van der Waals surface area contributed by atoms with E-state index in [0.29, 0.717) is 12.1 Å². The van der Waals surface area contributed by atoms with Crippen LogP contribution in [-0.2, 0) is 11.3 Å². The zero-order chi connectivity index (χ0) is 19.6. The van der Waals surface area contributed by atoms with E-state index in [2.05, 4.69) is 16.0 Å². The summed E-state index contributed by atoms with van der Waals surface area (Å²) in [5, 5.41) is 8.22. The summed E-state index contributed by atoms with van der Waals surface area (Å²) < 4.78 is 12.9. The van der Waals surface area contributed by atoms with Gasteiger partial charge in [0.2, 0.25) is 5.91 Å². The first kappa shape index (κ1) is 20.8. The predicted molar refractivity (Wildman–Crippen MR) is 107 cm³/mol. The molecule has 5 nitrogen and oxygen atoms in total. The summed E-state index contributed by atoms with van der Waals surface area (Å²) >= 11 is 1.62. The number of urea groups is 1. The number of hydrogen-bond acceptors (Lipinski definition) is 3. The van der Waals surface area contributed by atoms with Gasteiger partial charge in [-0.15, -0.1) is 11.8 Å². The van der Waals surface area contributed by atoms with Crippen LogP contribution in [0.5, 0.6) is 0 Å². The molecule has 0 bridgehead atoms. The predicted octanol–water partition coefficient (Wildman–Crippen LogP) is 4.15. The lowest BCUT2D eigenvalue weighted by atomic mass is 10.1. The molecular formula is C20H24FN3O2S. The average molecular weight is 389 g/mol. The molecule has 1 atom stereocenters. The van der Waals surface area contributed by atoms with Crippen molar-refractivity contribution in [1.82, 2.24) is 10.6 Å². The van der Waals surface area contributed by atoms with E-state index >= 15 is 0 Å². The second kappa shape index (κ2) is 10.6. The highest BCUT2D eigenvalue weighted by Crippen LogP contribution is 2.17. The van der Waals surface area contributed by atoms with Crippen molar-refractivity contribution in [3.63, 3.8) is 0 Å². The number of carbonyl (C=O) groups excluding carboxylic acids is 2. The third-order valence-corrected chi connectivity index (χ3v) is 4.67. The molecule has 2 aromatic carbocycles. The van der Waals surface area contributed by atoms with E-state index in [-0.39, 0.29) is 18.3 Å². The van der Waals surface area contributed by atoms with Crippen molar-refractivity contribution in [3.8, 4) is 0 Å². The Hall–Kier alpha value is -2.54. The van der Waals surface area contributed by atoms with Crippen LogP contribution >= 0.6 is 11.8 Å². The van der Waals surface area contributed by atoms with E-state index in [1.807, 2.05) is 37.4 Å². The molecule has 0 radical (unpaired) electrons. The fraction of sp³-hybridized carbons (Fsp3) is 0.300. The molecule has 0 aliphatic rings. The number of thioether (sulfide) groups is 1. The molecule has 144 valence electrons. The summed E-state index contributed by atoms with van der Waals surface area (Å²) in [4.78, 5) is 25.7. The van der Waals surface area contributed by atoms with Gasteiger partial charge in [0.1, 0.15) is 11.9 Å². The zero-order valence-corrected chi connectivity index (χ0v) is 16.2. The van der Waals surface area contributed by atoms with Gasteiger partial charge < -0.3 is 16.0 Å². The van der Waals surface area contributed by atoms with Gasteiger partial charge in [0.05, 0.1) is 0 Å². The Balaban J connectivity index is 1.89. The van der Waals surface area contributed by atoms with Crippen molar-refractivity contribution in [2.45, 2.75) is 37.2 Å². The van der Waals surface area contributed by atoms with Crippen LogP contribution in [0.3, 0.4) is 0 Å². The Morgan fingerprint density at radius 1 is 1.07 bits per heavy atom. The third kappa shape index (κ3) is 6.94. The lowest BCUT2D eigenvalue weighted by Crippen LogP contribution is -2.47. The number of nitrogens with one attached hydrogen (secondary N) is 3. The van der Waals surface area contributed by atoms with E-state index in [9.17, 15) is 14.0 Å². The molecule has 27 heavy (non-hydrogen) atoms. The zero-order valence-electron chi connectivity index (χ0n) is 15.4. The smallest absolute Gasteiger partial charge is 0.315 e. The van der Waals surface area contributed by atoms with Crippen LogP contribution in [-0.4, -0.2) is 24.2 Å². The largest absolute Gasteiger partial charge is 0.334 e. The van der Waals surface area contributed by atoms with Gasteiger partial charge >= 0.3 is 6.03 Å². The maximum Gasteiger partial charge on any atom is 0.315 e. The van der Waals surface area contributed by atoms with Crippen molar-refractivity contribution < 1.29 is 14.0 Å². The summed E-state index contributed by atoms with van der Waals surface area (Å²) in [5.41, 5.74) is 1.46. The maximum atomic E-state index is 12.9. The van der Waals surface area contributed by atoms with Gasteiger partial charge in [-0.05, 0) is 54.6 Å². The summed E-state index contributed by atoms with van der Waals surface area (Å²) in [7, 11) is 0. The fourth-order valence-corrected chi connectivity index (χ4v) is 2.86. The highest BCUT2D eigenvalue weighted by molar-refractivity contribution is 7.98. The molecule has 0 fully saturated rings. The van der Waals surface area contributed by atoms with E-state index < -0.39 is 12.1 Å². The van der Waals surface area contributed by atoms with Gasteiger partial charge in [0.15, 0.2) is 0 Å².